The van der Waals surface area contributed by atoms with Gasteiger partial charge in [-0.1, -0.05) is 11.6 Å². The Morgan fingerprint density at radius 2 is 2.27 bits per heavy atom. The molecule has 1 spiro atoms. The largest absolute Gasteiger partial charge is 0.461 e. The molecule has 1 aliphatic heterocycles. The number of furan rings is 1. The highest BCUT2D eigenvalue weighted by Crippen LogP contribution is 2.45. The molecular formula is C16H21N3O3. The Hall–Kier alpha value is -1.66. The molecule has 6 heteroatoms. The SMILES string of the molecule is O[C@@H]1CCC[C@@]12CCCN(Cc1nc(-c3ccco3)no1)C2. The monoisotopic (exact) mass is 303 g/mol. The van der Waals surface area contributed by atoms with Crippen molar-refractivity contribution in [2.24, 2.45) is 5.41 Å². The summed E-state index contributed by atoms with van der Waals surface area (Å²) in [7, 11) is 0. The molecule has 0 bridgehead atoms. The fourth-order valence-corrected chi connectivity index (χ4v) is 4.01. The summed E-state index contributed by atoms with van der Waals surface area (Å²) in [6.07, 6.45) is 6.90. The van der Waals surface area contributed by atoms with Crippen LogP contribution in [0.3, 0.4) is 0 Å². The highest BCUT2D eigenvalue weighted by Gasteiger charge is 2.44. The lowest BCUT2D eigenvalue weighted by atomic mass is 9.77. The third-order valence-corrected chi connectivity index (χ3v) is 5.12. The van der Waals surface area contributed by atoms with E-state index in [0.717, 1.165) is 45.2 Å². The first-order valence-corrected chi connectivity index (χ1v) is 8.02. The average molecular weight is 303 g/mol. The molecule has 0 unspecified atom stereocenters. The fraction of sp³-hybridized carbons (Fsp3) is 0.625. The highest BCUT2D eigenvalue weighted by atomic mass is 16.5. The van der Waals surface area contributed by atoms with Crippen molar-refractivity contribution in [3.63, 3.8) is 0 Å². The second-order valence-electron chi connectivity index (χ2n) is 6.57. The number of likely N-dealkylation sites (tertiary alicyclic amines) is 1. The molecule has 1 saturated carbocycles. The van der Waals surface area contributed by atoms with Crippen molar-refractivity contribution in [2.75, 3.05) is 13.1 Å². The Bertz CT molecular complexity index is 624. The minimum atomic E-state index is -0.156. The molecule has 2 atom stereocenters. The van der Waals surface area contributed by atoms with Crippen LogP contribution in [0.15, 0.2) is 27.3 Å². The van der Waals surface area contributed by atoms with Crippen LogP contribution < -0.4 is 0 Å². The van der Waals surface area contributed by atoms with Crippen LogP contribution in [0.2, 0.25) is 0 Å². The molecule has 2 aromatic heterocycles. The summed E-state index contributed by atoms with van der Waals surface area (Å²) in [6.45, 7) is 2.59. The van der Waals surface area contributed by atoms with Gasteiger partial charge < -0.3 is 14.0 Å². The minimum absolute atomic E-state index is 0.0854. The molecule has 0 aromatic carbocycles. The van der Waals surface area contributed by atoms with Crippen LogP contribution in [0.1, 0.15) is 38.0 Å². The Balaban J connectivity index is 1.45. The molecule has 1 N–H and O–H groups in total. The predicted molar refractivity (Wildman–Crippen MR) is 78.8 cm³/mol. The van der Waals surface area contributed by atoms with E-state index in [1.165, 1.54) is 0 Å². The van der Waals surface area contributed by atoms with E-state index in [1.807, 2.05) is 6.07 Å². The second kappa shape index (κ2) is 5.52. The van der Waals surface area contributed by atoms with Crippen molar-refractivity contribution in [1.82, 2.24) is 15.0 Å². The summed E-state index contributed by atoms with van der Waals surface area (Å²) in [6, 6.07) is 3.63. The molecule has 2 fully saturated rings. The summed E-state index contributed by atoms with van der Waals surface area (Å²) < 4.78 is 10.6. The Labute approximate surface area is 129 Å². The molecular weight excluding hydrogens is 282 g/mol. The molecule has 4 rings (SSSR count). The van der Waals surface area contributed by atoms with Gasteiger partial charge in [-0.15, -0.1) is 0 Å². The molecule has 2 aliphatic rings. The van der Waals surface area contributed by atoms with Crippen molar-refractivity contribution in [3.8, 4) is 11.6 Å². The Morgan fingerprint density at radius 3 is 3.05 bits per heavy atom. The van der Waals surface area contributed by atoms with E-state index in [0.29, 0.717) is 24.0 Å². The zero-order valence-electron chi connectivity index (χ0n) is 12.6. The molecule has 22 heavy (non-hydrogen) atoms. The van der Waals surface area contributed by atoms with Gasteiger partial charge in [-0.05, 0) is 44.4 Å². The van der Waals surface area contributed by atoms with E-state index >= 15 is 0 Å². The van der Waals surface area contributed by atoms with E-state index in [-0.39, 0.29) is 11.5 Å². The standard InChI is InChI=1S/C16H21N3O3/c20-13-5-1-6-16(13)7-3-8-19(11-16)10-14-17-15(18-22-14)12-4-2-9-21-12/h2,4,9,13,20H,1,3,5-8,10-11H2/t13-,16+/m1/s1. The van der Waals surface area contributed by atoms with Gasteiger partial charge >= 0.3 is 0 Å². The van der Waals surface area contributed by atoms with Crippen molar-refractivity contribution in [3.05, 3.63) is 24.3 Å². The van der Waals surface area contributed by atoms with Gasteiger partial charge in [0, 0.05) is 12.0 Å². The smallest absolute Gasteiger partial charge is 0.241 e. The third-order valence-electron chi connectivity index (χ3n) is 5.12. The van der Waals surface area contributed by atoms with Crippen molar-refractivity contribution < 1.29 is 14.0 Å². The van der Waals surface area contributed by atoms with Gasteiger partial charge in [-0.25, -0.2) is 0 Å². The molecule has 0 radical (unpaired) electrons. The van der Waals surface area contributed by atoms with E-state index in [2.05, 4.69) is 15.0 Å². The molecule has 0 amide bonds. The van der Waals surface area contributed by atoms with Crippen LogP contribution in [0, 0.1) is 5.41 Å². The van der Waals surface area contributed by atoms with E-state index in [1.54, 1.807) is 12.3 Å². The summed E-state index contributed by atoms with van der Waals surface area (Å²) in [4.78, 5) is 6.74. The quantitative estimate of drug-likeness (QED) is 0.938. The Morgan fingerprint density at radius 1 is 1.36 bits per heavy atom. The van der Waals surface area contributed by atoms with Gasteiger partial charge in [-0.2, -0.15) is 4.98 Å². The summed E-state index contributed by atoms with van der Waals surface area (Å²) in [5, 5.41) is 14.3. The maximum absolute atomic E-state index is 10.3. The molecule has 1 aliphatic carbocycles. The van der Waals surface area contributed by atoms with E-state index < -0.39 is 0 Å². The van der Waals surface area contributed by atoms with Gasteiger partial charge in [0.2, 0.25) is 11.7 Å². The zero-order valence-corrected chi connectivity index (χ0v) is 12.6. The fourth-order valence-electron chi connectivity index (χ4n) is 4.01. The lowest BCUT2D eigenvalue weighted by Crippen LogP contribution is -2.46. The van der Waals surface area contributed by atoms with Crippen molar-refractivity contribution >= 4 is 0 Å². The summed E-state index contributed by atoms with van der Waals surface area (Å²) in [5.74, 6) is 1.72. The lowest BCUT2D eigenvalue weighted by Gasteiger charge is -2.42. The van der Waals surface area contributed by atoms with Gasteiger partial charge in [-0.3, -0.25) is 4.90 Å². The molecule has 1 saturated heterocycles. The third kappa shape index (κ3) is 2.46. The Kier molecular flexibility index (Phi) is 3.50. The first kappa shape index (κ1) is 14.0. The van der Waals surface area contributed by atoms with Crippen LogP contribution in [0.25, 0.3) is 11.6 Å². The number of aliphatic hydroxyl groups is 1. The van der Waals surface area contributed by atoms with Crippen LogP contribution in [-0.2, 0) is 6.54 Å². The lowest BCUT2D eigenvalue weighted by molar-refractivity contribution is -0.0145. The maximum Gasteiger partial charge on any atom is 0.241 e. The average Bonchev–Trinajstić information content (AvgIpc) is 3.22. The van der Waals surface area contributed by atoms with Crippen LogP contribution in [0.5, 0.6) is 0 Å². The number of hydrogen-bond acceptors (Lipinski definition) is 6. The first-order valence-electron chi connectivity index (χ1n) is 8.02. The molecule has 6 nitrogen and oxygen atoms in total. The molecule has 118 valence electrons. The van der Waals surface area contributed by atoms with Crippen LogP contribution in [-0.4, -0.2) is 39.3 Å². The van der Waals surface area contributed by atoms with Gasteiger partial charge in [0.1, 0.15) is 0 Å². The normalized spacial score (nSPS) is 29.4. The van der Waals surface area contributed by atoms with Crippen molar-refractivity contribution in [1.29, 1.82) is 0 Å². The number of aliphatic hydroxyl groups excluding tert-OH is 1. The zero-order chi connectivity index (χ0) is 15.0. The number of hydrogen-bond donors (Lipinski definition) is 1. The van der Waals surface area contributed by atoms with E-state index in [9.17, 15) is 5.11 Å². The number of rotatable bonds is 3. The van der Waals surface area contributed by atoms with Crippen LogP contribution >= 0.6 is 0 Å². The van der Waals surface area contributed by atoms with Gasteiger partial charge in [0.15, 0.2) is 5.76 Å². The summed E-state index contributed by atoms with van der Waals surface area (Å²) >= 11 is 0. The maximum atomic E-state index is 10.3. The van der Waals surface area contributed by atoms with Crippen molar-refractivity contribution in [2.45, 2.75) is 44.8 Å². The van der Waals surface area contributed by atoms with Gasteiger partial charge in [0.25, 0.3) is 0 Å². The molecule has 3 heterocycles. The molecule has 2 aromatic rings. The topological polar surface area (TPSA) is 75.5 Å². The second-order valence-corrected chi connectivity index (χ2v) is 6.57. The predicted octanol–water partition coefficient (Wildman–Crippen LogP) is 2.46. The number of aromatic nitrogens is 2. The van der Waals surface area contributed by atoms with Gasteiger partial charge in [0.05, 0.1) is 18.9 Å². The van der Waals surface area contributed by atoms with Crippen LogP contribution in [0.4, 0.5) is 0 Å². The van der Waals surface area contributed by atoms with E-state index in [4.69, 9.17) is 8.94 Å². The first-order chi connectivity index (χ1) is 10.8. The number of nitrogens with zero attached hydrogens (tertiary/aromatic N) is 3. The number of piperidine rings is 1. The minimum Gasteiger partial charge on any atom is -0.461 e. The summed E-state index contributed by atoms with van der Waals surface area (Å²) in [5.41, 5.74) is 0.0854. The highest BCUT2D eigenvalue weighted by molar-refractivity contribution is 5.44.